The summed E-state index contributed by atoms with van der Waals surface area (Å²) in [6.45, 7) is 19.8. The minimum absolute atomic E-state index is 0. The van der Waals surface area contributed by atoms with Gasteiger partial charge in [-0.25, -0.2) is 0 Å². The molecule has 0 unspecified atom stereocenters. The molecule has 0 aromatic heterocycles. The molecule has 23 heavy (non-hydrogen) atoms. The van der Waals surface area contributed by atoms with E-state index in [1.165, 1.54) is 5.19 Å². The molecule has 1 aromatic carbocycles. The molecular formula is C20H38Si3. The van der Waals surface area contributed by atoms with E-state index in [2.05, 4.69) is 93.4 Å². The molecule has 0 spiro atoms. The van der Waals surface area contributed by atoms with Crippen molar-refractivity contribution in [3.63, 3.8) is 0 Å². The number of hydrogen-bond acceptors (Lipinski definition) is 0. The monoisotopic (exact) mass is 362 g/mol. The number of benzene rings is 1. The van der Waals surface area contributed by atoms with Crippen LogP contribution in [-0.2, 0) is 0 Å². The van der Waals surface area contributed by atoms with Crippen LogP contribution in [0.1, 0.15) is 26.8 Å². The molecule has 0 aliphatic heterocycles. The van der Waals surface area contributed by atoms with Gasteiger partial charge in [0.1, 0.15) is 8.80 Å². The van der Waals surface area contributed by atoms with Crippen LogP contribution in [-0.4, -0.2) is 26.4 Å². The second-order valence-corrected chi connectivity index (χ2v) is 15.5. The molecule has 1 rings (SSSR count). The van der Waals surface area contributed by atoms with Crippen LogP contribution in [0.4, 0.5) is 0 Å². The minimum Gasteiger partial charge on any atom is -0.136 e. The van der Waals surface area contributed by atoms with Crippen LogP contribution in [0.15, 0.2) is 24.3 Å². The predicted molar refractivity (Wildman–Crippen MR) is 121 cm³/mol. The summed E-state index contributed by atoms with van der Waals surface area (Å²) < 4.78 is 0. The smallest absolute Gasteiger partial charge is 0.116 e. The van der Waals surface area contributed by atoms with Crippen molar-refractivity contribution in [1.29, 1.82) is 0 Å². The summed E-state index contributed by atoms with van der Waals surface area (Å²) in [7, 11) is -1.29. The molecule has 1 aromatic rings. The molecular weight excluding hydrogens is 324 g/mol. The molecule has 0 amide bonds. The van der Waals surface area contributed by atoms with E-state index in [0.717, 1.165) is 5.56 Å². The van der Waals surface area contributed by atoms with Gasteiger partial charge in [0.2, 0.25) is 0 Å². The Hall–Kier alpha value is -1.01. The molecule has 0 saturated heterocycles. The average Bonchev–Trinajstić information content (AvgIpc) is 2.39. The maximum atomic E-state index is 3.10. The van der Waals surface area contributed by atoms with Gasteiger partial charge >= 0.3 is 0 Å². The highest BCUT2D eigenvalue weighted by Crippen LogP contribution is 1.95. The lowest BCUT2D eigenvalue weighted by Crippen LogP contribution is -2.21. The largest absolute Gasteiger partial charge is 0.136 e. The van der Waals surface area contributed by atoms with E-state index in [4.69, 9.17) is 0 Å². The second kappa shape index (κ2) is 17.3. The maximum Gasteiger partial charge on any atom is 0.116 e. The lowest BCUT2D eigenvalue weighted by molar-refractivity contribution is 1.67. The van der Waals surface area contributed by atoms with Gasteiger partial charge in [0, 0.05) is 14.4 Å². The standard InChI is InChI=1S/C11H14Si.C5H10Si.C3H10Si.CH4/c1-4-5-10-6-8-11(9-7-10)12(2)3;1-4-5-6(2)3;1-4(2)3;/h6-9,12H,1-3H3;6H,1-3H3;4H,1-3H3;1H4. The molecule has 0 aliphatic carbocycles. The zero-order valence-corrected chi connectivity index (χ0v) is 19.5. The van der Waals surface area contributed by atoms with Crippen LogP contribution in [0.5, 0.6) is 0 Å². The Morgan fingerprint density at radius 1 is 0.739 bits per heavy atom. The first-order chi connectivity index (χ1) is 10.2. The quantitative estimate of drug-likeness (QED) is 0.509. The number of rotatable bonds is 1. The molecule has 3 heteroatoms. The zero-order valence-electron chi connectivity index (χ0n) is 16.0. The normalized spacial score (nSPS) is 8.35. The molecule has 0 radical (unpaired) electrons. The van der Waals surface area contributed by atoms with Gasteiger partial charge in [-0.05, 0) is 26.0 Å². The van der Waals surface area contributed by atoms with Gasteiger partial charge in [0.25, 0.3) is 0 Å². The Morgan fingerprint density at radius 2 is 1.17 bits per heavy atom. The summed E-state index contributed by atoms with van der Waals surface area (Å²) in [5, 5.41) is 1.51. The van der Waals surface area contributed by atoms with Crippen molar-refractivity contribution in [2.75, 3.05) is 0 Å². The first-order valence-electron chi connectivity index (χ1n) is 8.19. The highest BCUT2D eigenvalue weighted by molar-refractivity contribution is 6.70. The summed E-state index contributed by atoms with van der Waals surface area (Å²) in [4.78, 5) is 0. The van der Waals surface area contributed by atoms with Crippen molar-refractivity contribution in [3.05, 3.63) is 29.8 Å². The van der Waals surface area contributed by atoms with Crippen LogP contribution in [0.2, 0.25) is 45.8 Å². The van der Waals surface area contributed by atoms with Gasteiger partial charge in [-0.2, -0.15) is 0 Å². The maximum absolute atomic E-state index is 3.10. The van der Waals surface area contributed by atoms with Crippen molar-refractivity contribution in [2.45, 2.75) is 67.1 Å². The van der Waals surface area contributed by atoms with Crippen molar-refractivity contribution >= 4 is 31.6 Å². The Bertz CT molecular complexity index is 489. The molecule has 0 fully saturated rings. The molecule has 130 valence electrons. The van der Waals surface area contributed by atoms with E-state index < -0.39 is 17.6 Å². The molecule has 0 aliphatic rings. The lowest BCUT2D eigenvalue weighted by atomic mass is 10.2. The fourth-order valence-electron chi connectivity index (χ4n) is 1.38. The molecule has 0 nitrogen and oxygen atoms in total. The van der Waals surface area contributed by atoms with Gasteiger partial charge in [-0.15, -0.1) is 17.4 Å². The topological polar surface area (TPSA) is 0 Å². The predicted octanol–water partition coefficient (Wildman–Crippen LogP) is 4.53. The Balaban J connectivity index is -0.000000309. The summed E-state index contributed by atoms with van der Waals surface area (Å²) in [5.41, 5.74) is 4.22. The molecule has 0 atom stereocenters. The van der Waals surface area contributed by atoms with E-state index in [0.29, 0.717) is 0 Å². The van der Waals surface area contributed by atoms with Gasteiger partial charge in [0.05, 0.1) is 8.80 Å². The average molecular weight is 363 g/mol. The summed E-state index contributed by atoms with van der Waals surface area (Å²) in [5.74, 6) is 8.81. The highest BCUT2D eigenvalue weighted by atomic mass is 28.3. The fourth-order valence-corrected chi connectivity index (χ4v) is 2.92. The van der Waals surface area contributed by atoms with E-state index in [1.807, 2.05) is 13.8 Å². The van der Waals surface area contributed by atoms with Gasteiger partial charge < -0.3 is 0 Å². The zero-order chi connectivity index (χ0) is 17.5. The molecule has 0 heterocycles. The van der Waals surface area contributed by atoms with Crippen LogP contribution in [0.3, 0.4) is 0 Å². The van der Waals surface area contributed by atoms with Crippen molar-refractivity contribution in [3.8, 4) is 23.3 Å². The number of hydrogen-bond donors (Lipinski definition) is 0. The third-order valence-corrected chi connectivity index (χ3v) is 4.86. The van der Waals surface area contributed by atoms with Crippen LogP contribution in [0.25, 0.3) is 0 Å². The summed E-state index contributed by atoms with van der Waals surface area (Å²) in [6, 6.07) is 8.63. The van der Waals surface area contributed by atoms with Gasteiger partial charge in [-0.3, -0.25) is 0 Å². The first-order valence-corrected chi connectivity index (χ1v) is 17.4. The van der Waals surface area contributed by atoms with Crippen molar-refractivity contribution in [1.82, 2.24) is 0 Å². The molecule has 0 N–H and O–H groups in total. The van der Waals surface area contributed by atoms with Crippen molar-refractivity contribution < 1.29 is 0 Å². The van der Waals surface area contributed by atoms with E-state index >= 15 is 0 Å². The Kier molecular flexibility index (Phi) is 20.3. The molecule has 0 bridgehead atoms. The van der Waals surface area contributed by atoms with Gasteiger partial charge in [-0.1, -0.05) is 76.5 Å². The van der Waals surface area contributed by atoms with E-state index in [-0.39, 0.29) is 16.2 Å². The van der Waals surface area contributed by atoms with Gasteiger partial charge in [0.15, 0.2) is 0 Å². The van der Waals surface area contributed by atoms with E-state index in [1.54, 1.807) is 0 Å². The van der Waals surface area contributed by atoms with E-state index in [9.17, 15) is 0 Å². The second-order valence-electron chi connectivity index (χ2n) is 6.43. The van der Waals surface area contributed by atoms with Crippen LogP contribution >= 0.6 is 0 Å². The van der Waals surface area contributed by atoms with Crippen molar-refractivity contribution in [2.24, 2.45) is 0 Å². The third kappa shape index (κ3) is 21.0. The Morgan fingerprint density at radius 3 is 1.39 bits per heavy atom. The highest BCUT2D eigenvalue weighted by Gasteiger charge is 1.98. The fraction of sp³-hybridized carbons (Fsp3) is 0.500. The summed E-state index contributed by atoms with van der Waals surface area (Å²) in [6.07, 6.45) is 0. The lowest BCUT2D eigenvalue weighted by Gasteiger charge is -2.02. The third-order valence-electron chi connectivity index (χ3n) is 2.28. The minimum atomic E-state index is -0.618. The SMILES string of the molecule is C.CC#C[SiH](C)C.CC#Cc1ccc([SiH](C)C)cc1.C[SiH](C)C. The Labute approximate surface area is 151 Å². The molecule has 0 saturated carbocycles. The first kappa shape index (κ1) is 26.9. The summed E-state index contributed by atoms with van der Waals surface area (Å²) >= 11 is 0. The van der Waals surface area contributed by atoms with Crippen LogP contribution in [0, 0.1) is 23.3 Å². The van der Waals surface area contributed by atoms with Crippen LogP contribution < -0.4 is 5.19 Å².